The molecule has 0 saturated heterocycles. The number of amides is 2. The Bertz CT molecular complexity index is 585. The van der Waals surface area contributed by atoms with E-state index in [4.69, 9.17) is 0 Å². The van der Waals surface area contributed by atoms with E-state index in [1.165, 1.54) is 193 Å². The molecule has 0 fully saturated rings. The molecule has 4 nitrogen and oxygen atoms in total. The first-order valence-corrected chi connectivity index (χ1v) is 21.7. The molecule has 0 rings (SSSR count). The summed E-state index contributed by atoms with van der Waals surface area (Å²) in [5, 5.41) is 6.08. The van der Waals surface area contributed by atoms with Crippen LogP contribution in [0.5, 0.6) is 0 Å². The quantitative estimate of drug-likeness (QED) is 0.0508. The third kappa shape index (κ3) is 37.6. The topological polar surface area (TPSA) is 58.2 Å². The molecule has 0 atom stereocenters. The number of nitrogens with one attached hydrogen (secondary N) is 2. The Labute approximate surface area is 295 Å². The summed E-state index contributed by atoms with van der Waals surface area (Å²) in [5.74, 6) is 0.159. The summed E-state index contributed by atoms with van der Waals surface area (Å²) >= 11 is 0. The molecule has 2 amide bonds. The fraction of sp³-hybridized carbons (Fsp3) is 0.953. The lowest BCUT2D eigenvalue weighted by molar-refractivity contribution is -0.124. The molecule has 0 spiro atoms. The van der Waals surface area contributed by atoms with E-state index in [2.05, 4.69) is 24.5 Å². The van der Waals surface area contributed by atoms with Gasteiger partial charge in [-0.15, -0.1) is 0 Å². The van der Waals surface area contributed by atoms with Crippen LogP contribution in [-0.4, -0.2) is 18.0 Å². The minimum absolute atomic E-state index is 0.0796. The molecule has 0 unspecified atom stereocenters. The number of rotatable bonds is 39. The molecule has 0 radical (unpaired) electrons. The zero-order valence-corrected chi connectivity index (χ0v) is 32.6. The smallest absolute Gasteiger partial charge is 0.221 e. The summed E-state index contributed by atoms with van der Waals surface area (Å²) in [7, 11) is 0. The van der Waals surface area contributed by atoms with E-state index in [0.29, 0.717) is 12.8 Å². The second-order valence-corrected chi connectivity index (χ2v) is 14.9. The average molecular weight is 663 g/mol. The van der Waals surface area contributed by atoms with Crippen LogP contribution in [0.2, 0.25) is 0 Å². The van der Waals surface area contributed by atoms with Crippen molar-refractivity contribution in [3.05, 3.63) is 0 Å². The monoisotopic (exact) mass is 663 g/mol. The summed E-state index contributed by atoms with van der Waals surface area (Å²) in [4.78, 5) is 24.8. The zero-order valence-electron chi connectivity index (χ0n) is 32.6. The third-order valence-electron chi connectivity index (χ3n) is 10.1. The Morgan fingerprint density at radius 1 is 0.319 bits per heavy atom. The fourth-order valence-electron chi connectivity index (χ4n) is 6.79. The molecule has 280 valence electrons. The molecule has 0 aliphatic heterocycles. The van der Waals surface area contributed by atoms with Gasteiger partial charge in [0.25, 0.3) is 0 Å². The maximum Gasteiger partial charge on any atom is 0.221 e. The number of carbonyl (C=O) groups is 2. The van der Waals surface area contributed by atoms with Crippen LogP contribution < -0.4 is 10.6 Å². The molecular weight excluding hydrogens is 576 g/mol. The van der Waals surface area contributed by atoms with E-state index in [1.54, 1.807) is 0 Å². The van der Waals surface area contributed by atoms with Crippen LogP contribution in [0.4, 0.5) is 0 Å². The van der Waals surface area contributed by atoms with Crippen molar-refractivity contribution in [3.8, 4) is 0 Å². The first kappa shape index (κ1) is 45.9. The molecular formula is C43H86N2O2. The van der Waals surface area contributed by atoms with E-state index in [0.717, 1.165) is 32.1 Å². The van der Waals surface area contributed by atoms with Gasteiger partial charge in [-0.1, -0.05) is 226 Å². The predicted molar refractivity (Wildman–Crippen MR) is 208 cm³/mol. The first-order valence-electron chi connectivity index (χ1n) is 21.7. The van der Waals surface area contributed by atoms with E-state index < -0.39 is 0 Å². The van der Waals surface area contributed by atoms with Crippen LogP contribution in [0.3, 0.4) is 0 Å². The van der Waals surface area contributed by atoms with Crippen molar-refractivity contribution in [2.45, 2.75) is 265 Å². The van der Waals surface area contributed by atoms with Crippen molar-refractivity contribution in [2.75, 3.05) is 0 Å². The van der Waals surface area contributed by atoms with Crippen LogP contribution in [-0.2, 0) is 9.59 Å². The van der Waals surface area contributed by atoms with Crippen LogP contribution in [0.25, 0.3) is 0 Å². The molecule has 0 aliphatic rings. The molecule has 0 heterocycles. The molecule has 0 aromatic carbocycles. The Morgan fingerprint density at radius 3 is 0.702 bits per heavy atom. The second-order valence-electron chi connectivity index (χ2n) is 14.9. The van der Waals surface area contributed by atoms with Gasteiger partial charge in [0.2, 0.25) is 11.8 Å². The number of unbranched alkanes of at least 4 members (excludes halogenated alkanes) is 32. The lowest BCUT2D eigenvalue weighted by atomic mass is 10.0. The summed E-state index contributed by atoms with van der Waals surface area (Å²) < 4.78 is 0. The maximum atomic E-state index is 12.4. The van der Waals surface area contributed by atoms with Gasteiger partial charge in [0, 0.05) is 12.8 Å². The Morgan fingerprint density at radius 2 is 0.511 bits per heavy atom. The first-order chi connectivity index (χ1) is 23.1. The van der Waals surface area contributed by atoms with E-state index in [9.17, 15) is 9.59 Å². The number of hydrogen-bond donors (Lipinski definition) is 2. The van der Waals surface area contributed by atoms with E-state index in [1.807, 2.05) is 6.92 Å². The highest BCUT2D eigenvalue weighted by Gasteiger charge is 2.13. The molecule has 0 aromatic heterocycles. The molecule has 0 aromatic rings. The minimum atomic E-state index is -0.230. The van der Waals surface area contributed by atoms with Gasteiger partial charge in [-0.25, -0.2) is 0 Å². The largest absolute Gasteiger partial charge is 0.336 e. The van der Waals surface area contributed by atoms with Crippen molar-refractivity contribution in [1.29, 1.82) is 0 Å². The average Bonchev–Trinajstić information content (AvgIpc) is 3.07. The van der Waals surface area contributed by atoms with Crippen LogP contribution in [0.15, 0.2) is 0 Å². The molecule has 0 saturated carbocycles. The zero-order chi connectivity index (χ0) is 34.3. The predicted octanol–water partition coefficient (Wildman–Crippen LogP) is 14.0. The van der Waals surface area contributed by atoms with Crippen LogP contribution >= 0.6 is 0 Å². The Hall–Kier alpha value is -1.06. The van der Waals surface area contributed by atoms with Crippen molar-refractivity contribution >= 4 is 11.8 Å². The molecule has 4 heteroatoms. The second kappa shape index (κ2) is 39.4. The fourth-order valence-corrected chi connectivity index (χ4v) is 6.79. The standard InChI is InChI=1S/C43H86N2O2/c1-4-7-9-11-13-15-17-19-21-23-25-27-29-31-33-35-37-39-42(46)44-41(6-3)45-43(47)40-38-36-34-32-30-28-26-24-22-20-18-16-14-12-10-8-5-2/h41H,4-40H2,1-3H3,(H,44,46)(H,45,47). The van der Waals surface area contributed by atoms with E-state index in [-0.39, 0.29) is 18.0 Å². The summed E-state index contributed by atoms with van der Waals surface area (Å²) in [6, 6.07) is 0. The molecule has 47 heavy (non-hydrogen) atoms. The highest BCUT2D eigenvalue weighted by molar-refractivity contribution is 5.79. The van der Waals surface area contributed by atoms with Gasteiger partial charge in [-0.05, 0) is 19.3 Å². The van der Waals surface area contributed by atoms with Gasteiger partial charge in [-0.2, -0.15) is 0 Å². The van der Waals surface area contributed by atoms with Crippen molar-refractivity contribution < 1.29 is 9.59 Å². The van der Waals surface area contributed by atoms with Crippen molar-refractivity contribution in [2.24, 2.45) is 0 Å². The molecule has 2 N–H and O–H groups in total. The summed E-state index contributed by atoms with van der Waals surface area (Å²) in [6.07, 6.45) is 47.5. The van der Waals surface area contributed by atoms with Gasteiger partial charge in [-0.3, -0.25) is 9.59 Å². The third-order valence-corrected chi connectivity index (χ3v) is 10.1. The van der Waals surface area contributed by atoms with Gasteiger partial charge >= 0.3 is 0 Å². The highest BCUT2D eigenvalue weighted by atomic mass is 16.2. The number of hydrogen-bond acceptors (Lipinski definition) is 2. The van der Waals surface area contributed by atoms with E-state index >= 15 is 0 Å². The lowest BCUT2D eigenvalue weighted by Gasteiger charge is -2.18. The van der Waals surface area contributed by atoms with Gasteiger partial charge in [0.1, 0.15) is 6.17 Å². The number of carbonyl (C=O) groups excluding carboxylic acids is 2. The normalized spacial score (nSPS) is 11.4. The van der Waals surface area contributed by atoms with Gasteiger partial charge < -0.3 is 10.6 Å². The van der Waals surface area contributed by atoms with Crippen LogP contribution in [0, 0.1) is 0 Å². The minimum Gasteiger partial charge on any atom is -0.336 e. The lowest BCUT2D eigenvalue weighted by Crippen LogP contribution is -2.47. The highest BCUT2D eigenvalue weighted by Crippen LogP contribution is 2.16. The van der Waals surface area contributed by atoms with Crippen LogP contribution in [0.1, 0.15) is 258 Å². The summed E-state index contributed by atoms with van der Waals surface area (Å²) in [6.45, 7) is 6.60. The van der Waals surface area contributed by atoms with Gasteiger partial charge in [0.05, 0.1) is 0 Å². The van der Waals surface area contributed by atoms with Crippen molar-refractivity contribution in [1.82, 2.24) is 10.6 Å². The SMILES string of the molecule is CCCCCCCCCCCCCCCCCCCC(=O)NC(CC)NC(=O)CCCCCCCCCCCCCCCCCCC. The molecule has 0 bridgehead atoms. The van der Waals surface area contributed by atoms with Crippen molar-refractivity contribution in [3.63, 3.8) is 0 Å². The van der Waals surface area contributed by atoms with Gasteiger partial charge in [0.15, 0.2) is 0 Å². The Balaban J connectivity index is 3.47. The maximum absolute atomic E-state index is 12.4. The Kier molecular flexibility index (Phi) is 38.5. The summed E-state index contributed by atoms with van der Waals surface area (Å²) in [5.41, 5.74) is 0. The molecule has 0 aliphatic carbocycles.